The van der Waals surface area contributed by atoms with Gasteiger partial charge in [-0.3, -0.25) is 0 Å². The van der Waals surface area contributed by atoms with Gasteiger partial charge in [0.15, 0.2) is 0 Å². The molecule has 1 unspecified atom stereocenters. The predicted octanol–water partition coefficient (Wildman–Crippen LogP) is 4.20. The Hall–Kier alpha value is -1.11. The van der Waals surface area contributed by atoms with Crippen molar-refractivity contribution in [1.29, 1.82) is 0 Å². The lowest BCUT2D eigenvalue weighted by molar-refractivity contribution is -0.0108. The van der Waals surface area contributed by atoms with Crippen LogP contribution in [-0.4, -0.2) is 48.9 Å². The number of piperidine rings is 1. The van der Waals surface area contributed by atoms with Gasteiger partial charge in [0.2, 0.25) is 0 Å². The van der Waals surface area contributed by atoms with Crippen molar-refractivity contribution in [2.45, 2.75) is 64.7 Å². The van der Waals surface area contributed by atoms with Gasteiger partial charge in [0.25, 0.3) is 0 Å². The smallest absolute Gasteiger partial charge is 0.410 e. The van der Waals surface area contributed by atoms with Crippen LogP contribution in [0, 0.1) is 0 Å². The molecule has 0 aromatic carbocycles. The van der Waals surface area contributed by atoms with Crippen LogP contribution in [0.3, 0.4) is 0 Å². The highest BCUT2D eigenvalue weighted by atomic mass is 32.1. The largest absolute Gasteiger partial charge is 0.444 e. The van der Waals surface area contributed by atoms with Crippen molar-refractivity contribution in [3.05, 3.63) is 22.4 Å². The van der Waals surface area contributed by atoms with Crippen molar-refractivity contribution in [2.24, 2.45) is 0 Å². The molecule has 0 aliphatic carbocycles. The minimum Gasteiger partial charge on any atom is -0.444 e. The molecule has 1 fully saturated rings. The average Bonchev–Trinajstić information content (AvgIpc) is 3.08. The van der Waals surface area contributed by atoms with E-state index in [2.05, 4.69) is 29.8 Å². The number of hydrogen-bond acceptors (Lipinski definition) is 5. The van der Waals surface area contributed by atoms with E-state index in [1.165, 1.54) is 4.88 Å². The summed E-state index contributed by atoms with van der Waals surface area (Å²) in [5.41, 5.74) is -0.436. The van der Waals surface area contributed by atoms with Crippen LogP contribution in [-0.2, 0) is 9.47 Å². The molecule has 2 heterocycles. The molecule has 1 aromatic heterocycles. The maximum Gasteiger partial charge on any atom is 0.410 e. The van der Waals surface area contributed by atoms with Crippen LogP contribution in [0.5, 0.6) is 0 Å². The van der Waals surface area contributed by atoms with E-state index in [1.54, 1.807) is 16.2 Å². The van der Waals surface area contributed by atoms with Gasteiger partial charge in [-0.2, -0.15) is 0 Å². The number of amides is 1. The first-order chi connectivity index (χ1) is 11.9. The summed E-state index contributed by atoms with van der Waals surface area (Å²) >= 11 is 1.80. The SMILES string of the molecule is CCC(NCCOC1CCN(C(=O)OC(C)(C)C)CC1)c1cccs1. The molecule has 0 bridgehead atoms. The molecular weight excluding hydrogens is 336 g/mol. The molecule has 0 spiro atoms. The molecule has 6 heteroatoms. The van der Waals surface area contributed by atoms with Crippen molar-refractivity contribution in [3.8, 4) is 0 Å². The summed E-state index contributed by atoms with van der Waals surface area (Å²) in [7, 11) is 0. The van der Waals surface area contributed by atoms with Gasteiger partial charge in [0.1, 0.15) is 5.60 Å². The number of thiophene rings is 1. The van der Waals surface area contributed by atoms with Crippen molar-refractivity contribution in [3.63, 3.8) is 0 Å². The first kappa shape index (κ1) is 20.2. The first-order valence-corrected chi connectivity index (χ1v) is 10.1. The summed E-state index contributed by atoms with van der Waals surface area (Å²) in [6.45, 7) is 10.9. The Morgan fingerprint density at radius 1 is 1.40 bits per heavy atom. The summed E-state index contributed by atoms with van der Waals surface area (Å²) < 4.78 is 11.4. The minimum absolute atomic E-state index is 0.214. The van der Waals surface area contributed by atoms with Crippen LogP contribution in [0.15, 0.2) is 17.5 Å². The predicted molar refractivity (Wildman–Crippen MR) is 102 cm³/mol. The van der Waals surface area contributed by atoms with Gasteiger partial charge < -0.3 is 19.7 Å². The fraction of sp³-hybridized carbons (Fsp3) is 0.737. The summed E-state index contributed by atoms with van der Waals surface area (Å²) in [5.74, 6) is 0. The van der Waals surface area contributed by atoms with Crippen LogP contribution in [0.25, 0.3) is 0 Å². The monoisotopic (exact) mass is 368 g/mol. The van der Waals surface area contributed by atoms with E-state index in [-0.39, 0.29) is 12.2 Å². The number of likely N-dealkylation sites (tertiary alicyclic amines) is 1. The van der Waals surface area contributed by atoms with Crippen LogP contribution in [0.1, 0.15) is 57.9 Å². The number of ether oxygens (including phenoxy) is 2. The van der Waals surface area contributed by atoms with Crippen molar-refractivity contribution in [1.82, 2.24) is 10.2 Å². The highest BCUT2D eigenvalue weighted by Gasteiger charge is 2.27. The summed E-state index contributed by atoms with van der Waals surface area (Å²) in [6, 6.07) is 4.69. The second-order valence-electron chi connectivity index (χ2n) is 7.47. The zero-order valence-corrected chi connectivity index (χ0v) is 16.7. The van der Waals surface area contributed by atoms with Crippen LogP contribution in [0.4, 0.5) is 4.79 Å². The third-order valence-electron chi connectivity index (χ3n) is 4.23. The van der Waals surface area contributed by atoms with Crippen LogP contribution >= 0.6 is 11.3 Å². The molecule has 1 aliphatic heterocycles. The molecule has 0 saturated carbocycles. The van der Waals surface area contributed by atoms with Crippen LogP contribution < -0.4 is 5.32 Å². The Bertz CT molecular complexity index is 505. The van der Waals surface area contributed by atoms with Crippen molar-refractivity contribution in [2.75, 3.05) is 26.2 Å². The Morgan fingerprint density at radius 2 is 2.12 bits per heavy atom. The van der Waals surface area contributed by atoms with E-state index in [0.29, 0.717) is 25.7 Å². The summed E-state index contributed by atoms with van der Waals surface area (Å²) in [6.07, 6.45) is 2.86. The normalized spacial score (nSPS) is 17.5. The molecular formula is C19H32N2O3S. The van der Waals surface area contributed by atoms with Gasteiger partial charge in [0.05, 0.1) is 12.7 Å². The number of hydrogen-bond donors (Lipinski definition) is 1. The lowest BCUT2D eigenvalue weighted by Crippen LogP contribution is -2.43. The molecule has 1 atom stereocenters. The third-order valence-corrected chi connectivity index (χ3v) is 5.22. The average molecular weight is 369 g/mol. The van der Waals surface area contributed by atoms with Gasteiger partial charge in [0, 0.05) is 30.6 Å². The standard InChI is InChI=1S/C19H32N2O3S/c1-5-16(17-7-6-14-25-17)20-10-13-23-15-8-11-21(12-9-15)18(22)24-19(2,3)4/h6-7,14-16,20H,5,8-13H2,1-4H3. The maximum absolute atomic E-state index is 12.1. The van der Waals surface area contributed by atoms with Crippen LogP contribution in [0.2, 0.25) is 0 Å². The fourth-order valence-electron chi connectivity index (χ4n) is 2.93. The number of carbonyl (C=O) groups excluding carboxylic acids is 1. The van der Waals surface area contributed by atoms with E-state index < -0.39 is 5.60 Å². The molecule has 25 heavy (non-hydrogen) atoms. The zero-order valence-electron chi connectivity index (χ0n) is 15.9. The topological polar surface area (TPSA) is 50.8 Å². The second kappa shape index (κ2) is 9.55. The van der Waals surface area contributed by atoms with E-state index in [4.69, 9.17) is 9.47 Å². The van der Waals surface area contributed by atoms with E-state index in [0.717, 1.165) is 25.8 Å². The molecule has 5 nitrogen and oxygen atoms in total. The summed E-state index contributed by atoms with van der Waals surface area (Å²) in [5, 5.41) is 5.68. The molecule has 142 valence electrons. The molecule has 2 rings (SSSR count). The third kappa shape index (κ3) is 6.96. The zero-order chi connectivity index (χ0) is 18.3. The number of nitrogens with one attached hydrogen (secondary N) is 1. The van der Waals surface area contributed by atoms with E-state index in [9.17, 15) is 4.79 Å². The molecule has 1 aromatic rings. The minimum atomic E-state index is -0.436. The Morgan fingerprint density at radius 3 is 2.68 bits per heavy atom. The van der Waals surface area contributed by atoms with E-state index in [1.807, 2.05) is 20.8 Å². The lowest BCUT2D eigenvalue weighted by Gasteiger charge is -2.33. The molecule has 1 amide bonds. The lowest BCUT2D eigenvalue weighted by atomic mass is 10.1. The van der Waals surface area contributed by atoms with Gasteiger partial charge in [-0.1, -0.05) is 13.0 Å². The van der Waals surface area contributed by atoms with Gasteiger partial charge in [-0.05, 0) is 51.5 Å². The fourth-order valence-corrected chi connectivity index (χ4v) is 3.81. The Balaban J connectivity index is 1.61. The van der Waals surface area contributed by atoms with Crippen molar-refractivity contribution < 1.29 is 14.3 Å². The Labute approximate surface area is 155 Å². The second-order valence-corrected chi connectivity index (χ2v) is 8.45. The highest BCUT2D eigenvalue weighted by molar-refractivity contribution is 7.10. The van der Waals surface area contributed by atoms with Crippen molar-refractivity contribution >= 4 is 17.4 Å². The molecule has 1 aliphatic rings. The quantitative estimate of drug-likeness (QED) is 0.733. The summed E-state index contributed by atoms with van der Waals surface area (Å²) in [4.78, 5) is 15.2. The molecule has 1 N–H and O–H groups in total. The van der Waals surface area contributed by atoms with Gasteiger partial charge >= 0.3 is 6.09 Å². The number of rotatable bonds is 7. The number of nitrogens with zero attached hydrogens (tertiary/aromatic N) is 1. The van der Waals surface area contributed by atoms with Gasteiger partial charge in [-0.15, -0.1) is 11.3 Å². The number of carbonyl (C=O) groups is 1. The van der Waals surface area contributed by atoms with E-state index >= 15 is 0 Å². The molecule has 1 saturated heterocycles. The highest BCUT2D eigenvalue weighted by Crippen LogP contribution is 2.21. The Kier molecular flexibility index (Phi) is 7.72. The first-order valence-electron chi connectivity index (χ1n) is 9.25. The van der Waals surface area contributed by atoms with Gasteiger partial charge in [-0.25, -0.2) is 4.79 Å². The molecule has 0 radical (unpaired) electrons. The maximum atomic E-state index is 12.1.